The van der Waals surface area contributed by atoms with E-state index in [0.29, 0.717) is 18.7 Å². The largest absolute Gasteiger partial charge is 0.444 e. The Morgan fingerprint density at radius 1 is 0.936 bits per heavy atom. The number of ether oxygens (including phenoxy) is 2. The highest BCUT2D eigenvalue weighted by atomic mass is 16.6. The molecule has 1 fully saturated rings. The molecule has 47 heavy (non-hydrogen) atoms. The average molecular weight is 648 g/mol. The van der Waals surface area contributed by atoms with Gasteiger partial charge in [-0.2, -0.15) is 0 Å². The topological polar surface area (TPSA) is 170 Å². The SMILES string of the molecule is CC(C)(C)OC(=O)NC(C)(C)C(=O)N[C@H](COCc1ccccc1)C(=O)Nc1cn(C(N)(C(=O)N2CCCC2)c2ccccc2)cn1. The third-order valence-corrected chi connectivity index (χ3v) is 7.57. The molecule has 2 heterocycles. The molecule has 4 rings (SSSR count). The molecule has 2 aromatic carbocycles. The lowest BCUT2D eigenvalue weighted by molar-refractivity contribution is -0.137. The molecule has 1 unspecified atom stereocenters. The van der Waals surface area contributed by atoms with E-state index >= 15 is 0 Å². The van der Waals surface area contributed by atoms with Crippen molar-refractivity contribution in [3.8, 4) is 0 Å². The first kappa shape index (κ1) is 35.1. The quantitative estimate of drug-likeness (QED) is 0.232. The van der Waals surface area contributed by atoms with Crippen LogP contribution in [0.3, 0.4) is 0 Å². The normalized spacial score (nSPS) is 15.3. The van der Waals surface area contributed by atoms with Gasteiger partial charge in [0.1, 0.15) is 17.2 Å². The van der Waals surface area contributed by atoms with Gasteiger partial charge in [-0.3, -0.25) is 20.1 Å². The van der Waals surface area contributed by atoms with Crippen LogP contribution in [0.25, 0.3) is 0 Å². The number of nitrogens with zero attached hydrogens (tertiary/aromatic N) is 3. The van der Waals surface area contributed by atoms with Crippen molar-refractivity contribution in [1.82, 2.24) is 25.1 Å². The first-order valence-electron chi connectivity index (χ1n) is 15.6. The van der Waals surface area contributed by atoms with Gasteiger partial charge in [-0.25, -0.2) is 9.78 Å². The van der Waals surface area contributed by atoms with Crippen LogP contribution >= 0.6 is 0 Å². The summed E-state index contributed by atoms with van der Waals surface area (Å²) in [7, 11) is 0. The number of aromatic nitrogens is 2. The van der Waals surface area contributed by atoms with Crippen molar-refractivity contribution in [2.45, 2.75) is 76.9 Å². The summed E-state index contributed by atoms with van der Waals surface area (Å²) in [6.07, 6.45) is 3.88. The summed E-state index contributed by atoms with van der Waals surface area (Å²) in [5.41, 5.74) is 4.51. The highest BCUT2D eigenvalue weighted by molar-refractivity contribution is 5.98. The van der Waals surface area contributed by atoms with Crippen LogP contribution in [0.15, 0.2) is 73.2 Å². The molecular formula is C34H45N7O6. The molecule has 1 aromatic heterocycles. The minimum absolute atomic E-state index is 0.114. The molecule has 13 heteroatoms. The van der Waals surface area contributed by atoms with Crippen LogP contribution in [-0.2, 0) is 36.1 Å². The van der Waals surface area contributed by atoms with Crippen molar-refractivity contribution in [3.63, 3.8) is 0 Å². The van der Waals surface area contributed by atoms with E-state index in [0.717, 1.165) is 18.4 Å². The Labute approximate surface area is 275 Å². The Balaban J connectivity index is 1.53. The number of rotatable bonds is 12. The van der Waals surface area contributed by atoms with Gasteiger partial charge in [-0.15, -0.1) is 0 Å². The van der Waals surface area contributed by atoms with Gasteiger partial charge in [0.05, 0.1) is 25.7 Å². The molecule has 13 nitrogen and oxygen atoms in total. The van der Waals surface area contributed by atoms with Crippen LogP contribution in [0, 0.1) is 0 Å². The number of hydrogen-bond donors (Lipinski definition) is 4. The summed E-state index contributed by atoms with van der Waals surface area (Å²) in [4.78, 5) is 59.2. The summed E-state index contributed by atoms with van der Waals surface area (Å²) in [6, 6.07) is 17.2. The molecule has 1 aliphatic heterocycles. The third kappa shape index (κ3) is 9.17. The van der Waals surface area contributed by atoms with E-state index in [9.17, 15) is 19.2 Å². The first-order chi connectivity index (χ1) is 22.2. The molecule has 1 saturated heterocycles. The fourth-order valence-electron chi connectivity index (χ4n) is 5.04. The molecule has 0 aliphatic carbocycles. The monoisotopic (exact) mass is 647 g/mol. The van der Waals surface area contributed by atoms with E-state index in [1.807, 2.05) is 36.4 Å². The van der Waals surface area contributed by atoms with E-state index in [4.69, 9.17) is 15.2 Å². The molecule has 5 N–H and O–H groups in total. The molecular weight excluding hydrogens is 602 g/mol. The zero-order valence-electron chi connectivity index (χ0n) is 27.6. The van der Waals surface area contributed by atoms with Gasteiger partial charge in [-0.1, -0.05) is 60.7 Å². The van der Waals surface area contributed by atoms with Crippen molar-refractivity contribution in [2.24, 2.45) is 5.73 Å². The number of carbonyl (C=O) groups excluding carboxylic acids is 4. The van der Waals surface area contributed by atoms with E-state index in [1.54, 1.807) is 49.9 Å². The lowest BCUT2D eigenvalue weighted by Crippen LogP contribution is -2.59. The van der Waals surface area contributed by atoms with E-state index in [1.165, 1.54) is 30.9 Å². The number of carbonyl (C=O) groups is 4. The molecule has 1 aliphatic rings. The minimum atomic E-state index is -1.61. The Bertz CT molecular complexity index is 1530. The van der Waals surface area contributed by atoms with Crippen LogP contribution in [0.4, 0.5) is 10.6 Å². The predicted molar refractivity (Wildman–Crippen MR) is 176 cm³/mol. The summed E-state index contributed by atoms with van der Waals surface area (Å²) in [6.45, 7) is 9.34. The van der Waals surface area contributed by atoms with Gasteiger partial charge >= 0.3 is 6.09 Å². The highest BCUT2D eigenvalue weighted by Gasteiger charge is 2.42. The Hall–Kier alpha value is -4.75. The summed E-state index contributed by atoms with van der Waals surface area (Å²) < 4.78 is 12.6. The van der Waals surface area contributed by atoms with Crippen molar-refractivity contribution in [1.29, 1.82) is 0 Å². The Morgan fingerprint density at radius 3 is 2.17 bits per heavy atom. The number of nitrogens with two attached hydrogens (primary N) is 1. The summed E-state index contributed by atoms with van der Waals surface area (Å²) >= 11 is 0. The number of hydrogen-bond acceptors (Lipinski definition) is 8. The molecule has 0 spiro atoms. The van der Waals surface area contributed by atoms with Gasteiger partial charge in [0.25, 0.3) is 11.8 Å². The van der Waals surface area contributed by atoms with Crippen LogP contribution in [0.2, 0.25) is 0 Å². The van der Waals surface area contributed by atoms with Crippen molar-refractivity contribution in [3.05, 3.63) is 84.3 Å². The number of anilines is 1. The van der Waals surface area contributed by atoms with Crippen molar-refractivity contribution < 1.29 is 28.7 Å². The smallest absolute Gasteiger partial charge is 0.408 e. The third-order valence-electron chi connectivity index (χ3n) is 7.57. The van der Waals surface area contributed by atoms with Crippen LogP contribution in [0.5, 0.6) is 0 Å². The fourth-order valence-corrected chi connectivity index (χ4v) is 5.04. The lowest BCUT2D eigenvalue weighted by atomic mass is 9.98. The molecule has 0 bridgehead atoms. The standard InChI is InChI=1S/C34H45N7O6/c1-32(2,3)47-31(45)39-33(4,5)29(43)37-26(22-46-21-24-14-8-6-9-15-24)28(42)38-27-20-41(23-36-27)34(35,25-16-10-7-11-17-25)30(44)40-18-12-13-19-40/h6-11,14-17,20,23,26H,12-13,18-19,21-22,35H2,1-5H3,(H,37,43)(H,38,42)(H,39,45)/t26-,34?/m1/s1. The maximum atomic E-state index is 13.8. The maximum Gasteiger partial charge on any atom is 0.408 e. The van der Waals surface area contributed by atoms with Gasteiger partial charge in [-0.05, 0) is 53.0 Å². The second-order valence-electron chi connectivity index (χ2n) is 13.1. The maximum absolute atomic E-state index is 13.8. The molecule has 0 saturated carbocycles. The van der Waals surface area contributed by atoms with E-state index < -0.39 is 40.8 Å². The number of alkyl carbamates (subject to hydrolysis) is 1. The predicted octanol–water partition coefficient (Wildman–Crippen LogP) is 3.11. The highest BCUT2D eigenvalue weighted by Crippen LogP contribution is 2.27. The average Bonchev–Trinajstić information content (AvgIpc) is 3.73. The minimum Gasteiger partial charge on any atom is -0.444 e. The summed E-state index contributed by atoms with van der Waals surface area (Å²) in [5.74, 6) is -1.43. The van der Waals surface area contributed by atoms with Crippen LogP contribution in [0.1, 0.15) is 58.6 Å². The number of amides is 4. The summed E-state index contributed by atoms with van der Waals surface area (Å²) in [5, 5.41) is 7.94. The van der Waals surface area contributed by atoms with Crippen LogP contribution < -0.4 is 21.7 Å². The Kier molecular flexibility index (Phi) is 11.0. The molecule has 4 amide bonds. The zero-order chi connectivity index (χ0) is 34.2. The van der Waals surface area contributed by atoms with Gasteiger partial charge in [0.15, 0.2) is 5.82 Å². The van der Waals surface area contributed by atoms with E-state index in [2.05, 4.69) is 20.9 Å². The lowest BCUT2D eigenvalue weighted by Gasteiger charge is -2.33. The second kappa shape index (κ2) is 14.8. The van der Waals surface area contributed by atoms with Gasteiger partial charge in [0.2, 0.25) is 11.6 Å². The first-order valence-corrected chi connectivity index (χ1v) is 15.6. The zero-order valence-corrected chi connectivity index (χ0v) is 27.6. The number of imidazole rings is 1. The molecule has 252 valence electrons. The number of benzene rings is 2. The molecule has 3 aromatic rings. The van der Waals surface area contributed by atoms with Gasteiger partial charge in [0, 0.05) is 18.7 Å². The Morgan fingerprint density at radius 2 is 1.55 bits per heavy atom. The van der Waals surface area contributed by atoms with E-state index in [-0.39, 0.29) is 24.9 Å². The fraction of sp³-hybridized carbons (Fsp3) is 0.441. The second-order valence-corrected chi connectivity index (χ2v) is 13.1. The van der Waals surface area contributed by atoms with Gasteiger partial charge < -0.3 is 34.9 Å². The van der Waals surface area contributed by atoms with Crippen LogP contribution in [-0.4, -0.2) is 75.1 Å². The number of nitrogens with one attached hydrogen (secondary N) is 3. The molecule has 2 atom stereocenters. The molecule has 0 radical (unpaired) electrons. The number of likely N-dealkylation sites (tertiary alicyclic amines) is 1. The van der Waals surface area contributed by atoms with Crippen molar-refractivity contribution in [2.75, 3.05) is 25.0 Å². The van der Waals surface area contributed by atoms with Crippen molar-refractivity contribution >= 4 is 29.6 Å².